The molecule has 8 heteroatoms. The maximum absolute atomic E-state index is 14.8. The van der Waals surface area contributed by atoms with Crippen LogP contribution in [0.15, 0.2) is 54.6 Å². The molecule has 0 aliphatic rings. The SMILES string of the molecule is CN(c1cc(F)cc(-c2cccc(F)c2)c1)c1c(F)ccc(OCC(=O)O)c1F. The van der Waals surface area contributed by atoms with Gasteiger partial charge in [0.25, 0.3) is 0 Å². The topological polar surface area (TPSA) is 49.8 Å². The van der Waals surface area contributed by atoms with Crippen molar-refractivity contribution in [2.24, 2.45) is 0 Å². The third kappa shape index (κ3) is 4.48. The minimum atomic E-state index is -1.33. The van der Waals surface area contributed by atoms with Crippen molar-refractivity contribution >= 4 is 17.3 Å². The number of anilines is 2. The Labute approximate surface area is 163 Å². The Kier molecular flexibility index (Phi) is 5.72. The van der Waals surface area contributed by atoms with Crippen LogP contribution in [0.2, 0.25) is 0 Å². The van der Waals surface area contributed by atoms with Crippen LogP contribution in [-0.2, 0) is 4.79 Å². The van der Waals surface area contributed by atoms with Crippen molar-refractivity contribution in [1.82, 2.24) is 0 Å². The van der Waals surface area contributed by atoms with Gasteiger partial charge in [-0.05, 0) is 53.6 Å². The van der Waals surface area contributed by atoms with E-state index in [1.54, 1.807) is 6.07 Å². The second-order valence-corrected chi connectivity index (χ2v) is 6.16. The van der Waals surface area contributed by atoms with Crippen molar-refractivity contribution in [3.8, 4) is 16.9 Å². The first-order chi connectivity index (χ1) is 13.8. The zero-order chi connectivity index (χ0) is 21.1. The molecule has 3 aromatic carbocycles. The van der Waals surface area contributed by atoms with Crippen molar-refractivity contribution in [3.05, 3.63) is 77.9 Å². The smallest absolute Gasteiger partial charge is 0.341 e. The third-order valence-electron chi connectivity index (χ3n) is 4.15. The standard InChI is InChI=1S/C21H15F4NO3/c1-26(21-17(24)5-6-18(20(21)25)29-11-19(27)28)16-9-13(8-15(23)10-16)12-3-2-4-14(22)7-12/h2-10H,11H2,1H3,(H,27,28). The molecule has 1 N–H and O–H groups in total. The molecule has 4 nitrogen and oxygen atoms in total. The van der Waals surface area contributed by atoms with Gasteiger partial charge in [-0.2, -0.15) is 0 Å². The van der Waals surface area contributed by atoms with Crippen LogP contribution in [0.5, 0.6) is 5.75 Å². The van der Waals surface area contributed by atoms with Crippen molar-refractivity contribution in [1.29, 1.82) is 0 Å². The highest BCUT2D eigenvalue weighted by atomic mass is 19.1. The minimum Gasteiger partial charge on any atom is -0.479 e. The van der Waals surface area contributed by atoms with Crippen LogP contribution >= 0.6 is 0 Å². The van der Waals surface area contributed by atoms with E-state index in [1.165, 1.54) is 37.4 Å². The molecule has 0 saturated carbocycles. The second kappa shape index (κ2) is 8.22. The average Bonchev–Trinajstić information content (AvgIpc) is 2.66. The Morgan fingerprint density at radius 3 is 2.38 bits per heavy atom. The molecule has 0 unspecified atom stereocenters. The zero-order valence-electron chi connectivity index (χ0n) is 15.1. The molecular formula is C21H15F4NO3. The summed E-state index contributed by atoms with van der Waals surface area (Å²) in [7, 11) is 1.31. The Balaban J connectivity index is 2.03. The van der Waals surface area contributed by atoms with Gasteiger partial charge in [0, 0.05) is 12.7 Å². The Hall–Kier alpha value is -3.55. The van der Waals surface area contributed by atoms with Gasteiger partial charge in [-0.25, -0.2) is 22.4 Å². The van der Waals surface area contributed by atoms with E-state index >= 15 is 0 Å². The molecule has 0 aliphatic carbocycles. The predicted octanol–water partition coefficient (Wildman–Crippen LogP) is 5.14. The number of ether oxygens (including phenoxy) is 1. The molecule has 0 bridgehead atoms. The number of hydrogen-bond acceptors (Lipinski definition) is 3. The van der Waals surface area contributed by atoms with Crippen molar-refractivity contribution in [2.45, 2.75) is 0 Å². The van der Waals surface area contributed by atoms with Crippen molar-refractivity contribution in [3.63, 3.8) is 0 Å². The van der Waals surface area contributed by atoms with Crippen molar-refractivity contribution < 1.29 is 32.2 Å². The lowest BCUT2D eigenvalue weighted by Crippen LogP contribution is -2.16. The van der Waals surface area contributed by atoms with Gasteiger partial charge in [-0.3, -0.25) is 0 Å². The fourth-order valence-corrected chi connectivity index (χ4v) is 2.81. The monoisotopic (exact) mass is 405 g/mol. The van der Waals surface area contributed by atoms with Crippen LogP contribution in [0, 0.1) is 23.3 Å². The van der Waals surface area contributed by atoms with Gasteiger partial charge in [0.1, 0.15) is 23.1 Å². The van der Waals surface area contributed by atoms with E-state index in [4.69, 9.17) is 9.84 Å². The summed E-state index contributed by atoms with van der Waals surface area (Å²) in [4.78, 5) is 11.7. The van der Waals surface area contributed by atoms with Crippen LogP contribution in [0.3, 0.4) is 0 Å². The predicted molar refractivity (Wildman–Crippen MR) is 99.3 cm³/mol. The average molecular weight is 405 g/mol. The number of carboxylic acids is 1. The molecule has 0 aromatic heterocycles. The Morgan fingerprint density at radius 1 is 0.966 bits per heavy atom. The van der Waals surface area contributed by atoms with Crippen LogP contribution in [0.1, 0.15) is 0 Å². The number of hydrogen-bond donors (Lipinski definition) is 1. The summed E-state index contributed by atoms with van der Waals surface area (Å²) < 4.78 is 61.6. The van der Waals surface area contributed by atoms with E-state index in [1.807, 2.05) is 0 Å². The van der Waals surface area contributed by atoms with Gasteiger partial charge in [0.15, 0.2) is 18.2 Å². The molecule has 0 saturated heterocycles. The summed E-state index contributed by atoms with van der Waals surface area (Å²) in [6.45, 7) is -0.810. The quantitative estimate of drug-likeness (QED) is 0.577. The second-order valence-electron chi connectivity index (χ2n) is 6.16. The summed E-state index contributed by atoms with van der Waals surface area (Å²) in [6, 6.07) is 11.0. The Bertz CT molecular complexity index is 1070. The highest BCUT2D eigenvalue weighted by Gasteiger charge is 2.21. The first-order valence-electron chi connectivity index (χ1n) is 8.39. The lowest BCUT2D eigenvalue weighted by molar-refractivity contribution is -0.139. The molecule has 0 radical (unpaired) electrons. The first kappa shape index (κ1) is 20.2. The van der Waals surface area contributed by atoms with E-state index < -0.39 is 47.3 Å². The lowest BCUT2D eigenvalue weighted by atomic mass is 10.0. The lowest BCUT2D eigenvalue weighted by Gasteiger charge is -2.22. The number of carbonyl (C=O) groups is 1. The van der Waals surface area contributed by atoms with Gasteiger partial charge in [0.2, 0.25) is 0 Å². The summed E-state index contributed by atoms with van der Waals surface area (Å²) in [5.74, 6) is -5.07. The molecule has 0 spiro atoms. The van der Waals surface area contributed by atoms with Gasteiger partial charge in [-0.15, -0.1) is 0 Å². The number of rotatable bonds is 6. The van der Waals surface area contributed by atoms with E-state index in [0.29, 0.717) is 11.1 Å². The normalized spacial score (nSPS) is 10.7. The largest absolute Gasteiger partial charge is 0.479 e. The van der Waals surface area contributed by atoms with E-state index in [9.17, 15) is 22.4 Å². The van der Waals surface area contributed by atoms with Crippen LogP contribution in [-0.4, -0.2) is 24.7 Å². The molecular weight excluding hydrogens is 390 g/mol. The number of benzene rings is 3. The highest BCUT2D eigenvalue weighted by molar-refractivity contribution is 5.73. The third-order valence-corrected chi connectivity index (χ3v) is 4.15. The van der Waals surface area contributed by atoms with Crippen LogP contribution in [0.25, 0.3) is 11.1 Å². The summed E-state index contributed by atoms with van der Waals surface area (Å²) in [6.07, 6.45) is 0. The molecule has 150 valence electrons. The molecule has 29 heavy (non-hydrogen) atoms. The molecule has 0 aliphatic heterocycles. The number of halogens is 4. The maximum Gasteiger partial charge on any atom is 0.341 e. The fraction of sp³-hybridized carbons (Fsp3) is 0.0952. The summed E-state index contributed by atoms with van der Waals surface area (Å²) in [5, 5.41) is 8.67. The van der Waals surface area contributed by atoms with Gasteiger partial charge in [0.05, 0.1) is 0 Å². The molecule has 0 heterocycles. The number of aliphatic carboxylic acids is 1. The fourth-order valence-electron chi connectivity index (χ4n) is 2.81. The first-order valence-corrected chi connectivity index (χ1v) is 8.39. The van der Waals surface area contributed by atoms with E-state index in [0.717, 1.165) is 23.1 Å². The minimum absolute atomic E-state index is 0.0949. The van der Waals surface area contributed by atoms with Gasteiger partial charge < -0.3 is 14.7 Å². The van der Waals surface area contributed by atoms with Crippen LogP contribution in [0.4, 0.5) is 28.9 Å². The summed E-state index contributed by atoms with van der Waals surface area (Å²) in [5.41, 5.74) is 0.241. The van der Waals surface area contributed by atoms with Gasteiger partial charge >= 0.3 is 5.97 Å². The number of carboxylic acid groups (broad SMARTS) is 1. The maximum atomic E-state index is 14.8. The molecule has 3 rings (SSSR count). The van der Waals surface area contributed by atoms with Crippen molar-refractivity contribution in [2.75, 3.05) is 18.6 Å². The van der Waals surface area contributed by atoms with Gasteiger partial charge in [-0.1, -0.05) is 12.1 Å². The number of nitrogens with zero attached hydrogens (tertiary/aromatic N) is 1. The zero-order valence-corrected chi connectivity index (χ0v) is 15.1. The van der Waals surface area contributed by atoms with E-state index in [-0.39, 0.29) is 5.69 Å². The van der Waals surface area contributed by atoms with Crippen LogP contribution < -0.4 is 9.64 Å². The van der Waals surface area contributed by atoms with E-state index in [2.05, 4.69) is 0 Å². The molecule has 0 amide bonds. The molecule has 0 fully saturated rings. The Morgan fingerprint density at radius 2 is 1.69 bits per heavy atom. The summed E-state index contributed by atoms with van der Waals surface area (Å²) >= 11 is 0. The molecule has 3 aromatic rings. The molecule has 0 atom stereocenters. The highest BCUT2D eigenvalue weighted by Crippen LogP contribution is 2.36.